The molecule has 4 aromatic carbocycles. The van der Waals surface area contributed by atoms with Gasteiger partial charge in [-0.3, -0.25) is 9.36 Å². The molecule has 0 radical (unpaired) electrons. The van der Waals surface area contributed by atoms with Gasteiger partial charge < -0.3 is 9.84 Å². The molecule has 1 amide bonds. The third-order valence-electron chi connectivity index (χ3n) is 5.21. The number of rotatable bonds is 10. The first-order chi connectivity index (χ1) is 18.4. The molecule has 0 bridgehead atoms. The van der Waals surface area contributed by atoms with Crippen molar-refractivity contribution < 1.29 is 13.9 Å². The zero-order valence-electron chi connectivity index (χ0n) is 20.3. The fourth-order valence-corrected chi connectivity index (χ4v) is 8.64. The molecule has 0 heterocycles. The van der Waals surface area contributed by atoms with Crippen LogP contribution in [0.15, 0.2) is 129 Å². The van der Waals surface area contributed by atoms with Crippen LogP contribution in [0.2, 0.25) is 10.0 Å². The van der Waals surface area contributed by atoms with Crippen LogP contribution in [0.3, 0.4) is 0 Å². The molecule has 9 heteroatoms. The zero-order chi connectivity index (χ0) is 27.0. The molecule has 4 rings (SSSR count). The van der Waals surface area contributed by atoms with Crippen LogP contribution in [-0.4, -0.2) is 12.5 Å². The summed E-state index contributed by atoms with van der Waals surface area (Å²) in [6.07, 6.45) is 0. The molecule has 0 aliphatic heterocycles. The molecular formula is C29H24Cl2NO3PS2. The van der Waals surface area contributed by atoms with Crippen molar-refractivity contribution in [3.05, 3.63) is 134 Å². The second-order valence-electron chi connectivity index (χ2n) is 7.87. The fourth-order valence-electron chi connectivity index (χ4n) is 3.43. The predicted octanol–water partition coefficient (Wildman–Crippen LogP) is 9.07. The lowest BCUT2D eigenvalue weighted by Crippen LogP contribution is -2.27. The molecular weight excluding hydrogens is 576 g/mol. The average molecular weight is 601 g/mol. The highest BCUT2D eigenvalue weighted by atomic mass is 35.5. The van der Waals surface area contributed by atoms with Crippen molar-refractivity contribution in [1.82, 2.24) is 5.32 Å². The number of hydrogen-bond acceptors (Lipinski definition) is 5. The third-order valence-corrected chi connectivity index (χ3v) is 10.8. The minimum atomic E-state index is -3.75. The summed E-state index contributed by atoms with van der Waals surface area (Å²) < 4.78 is 21.5. The second kappa shape index (κ2) is 13.6. The van der Waals surface area contributed by atoms with Crippen LogP contribution in [0, 0.1) is 0 Å². The smallest absolute Gasteiger partial charge is 0.278 e. The van der Waals surface area contributed by atoms with E-state index in [2.05, 4.69) is 5.32 Å². The van der Waals surface area contributed by atoms with Gasteiger partial charge in [0.25, 0.3) is 13.3 Å². The molecule has 38 heavy (non-hydrogen) atoms. The SMILES string of the molecule is CCOP(=O)(C(NC(=O)c1ccccc1)=C(Sc1ccc(Cl)cc1)Sc1ccc(Cl)cc1)c1ccccc1. The predicted molar refractivity (Wildman–Crippen MR) is 161 cm³/mol. The van der Waals surface area contributed by atoms with Gasteiger partial charge in [-0.15, -0.1) is 0 Å². The van der Waals surface area contributed by atoms with Crippen LogP contribution in [-0.2, 0) is 9.09 Å². The molecule has 4 nitrogen and oxygen atoms in total. The minimum absolute atomic E-state index is 0.182. The Kier molecular flexibility index (Phi) is 10.2. The van der Waals surface area contributed by atoms with E-state index in [9.17, 15) is 9.36 Å². The first-order valence-corrected chi connectivity index (χ1v) is 15.7. The van der Waals surface area contributed by atoms with Gasteiger partial charge >= 0.3 is 0 Å². The van der Waals surface area contributed by atoms with E-state index >= 15 is 0 Å². The number of carbonyl (C=O) groups is 1. The molecule has 0 saturated carbocycles. The van der Waals surface area contributed by atoms with E-state index in [0.29, 0.717) is 25.2 Å². The van der Waals surface area contributed by atoms with E-state index in [4.69, 9.17) is 27.7 Å². The quantitative estimate of drug-likeness (QED) is 0.145. The van der Waals surface area contributed by atoms with E-state index < -0.39 is 7.37 Å². The minimum Gasteiger partial charge on any atom is -0.321 e. The van der Waals surface area contributed by atoms with Crippen LogP contribution in [0.5, 0.6) is 0 Å². The van der Waals surface area contributed by atoms with Crippen molar-refractivity contribution in [2.75, 3.05) is 6.61 Å². The topological polar surface area (TPSA) is 55.4 Å². The summed E-state index contributed by atoms with van der Waals surface area (Å²) in [5.74, 6) is -0.387. The van der Waals surface area contributed by atoms with Crippen molar-refractivity contribution in [2.45, 2.75) is 16.7 Å². The fraction of sp³-hybridized carbons (Fsp3) is 0.0690. The van der Waals surface area contributed by atoms with Crippen molar-refractivity contribution in [3.8, 4) is 0 Å². The molecule has 0 aliphatic carbocycles. The number of benzene rings is 4. The van der Waals surface area contributed by atoms with Crippen molar-refractivity contribution in [3.63, 3.8) is 0 Å². The maximum atomic E-state index is 14.8. The molecule has 4 aromatic rings. The monoisotopic (exact) mass is 599 g/mol. The summed E-state index contributed by atoms with van der Waals surface area (Å²) >= 11 is 15.0. The highest BCUT2D eigenvalue weighted by Crippen LogP contribution is 2.58. The van der Waals surface area contributed by atoms with Crippen molar-refractivity contribution in [1.29, 1.82) is 0 Å². The van der Waals surface area contributed by atoms with Crippen LogP contribution in [0.25, 0.3) is 0 Å². The van der Waals surface area contributed by atoms with Gasteiger partial charge in [0.2, 0.25) is 0 Å². The summed E-state index contributed by atoms with van der Waals surface area (Å²) in [6, 6.07) is 32.4. The number of carbonyl (C=O) groups excluding carboxylic acids is 1. The number of hydrogen-bond donors (Lipinski definition) is 1. The lowest BCUT2D eigenvalue weighted by molar-refractivity contribution is 0.0967. The molecule has 0 fully saturated rings. The molecule has 194 valence electrons. The molecule has 0 spiro atoms. The van der Waals surface area contributed by atoms with E-state index in [1.165, 1.54) is 23.5 Å². The van der Waals surface area contributed by atoms with Crippen molar-refractivity contribution in [2.24, 2.45) is 0 Å². The normalized spacial score (nSPS) is 12.4. The number of thioether (sulfide) groups is 2. The summed E-state index contributed by atoms with van der Waals surface area (Å²) in [4.78, 5) is 15.2. The molecule has 1 N–H and O–H groups in total. The van der Waals surface area contributed by atoms with Gasteiger partial charge in [-0.1, -0.05) is 83.1 Å². The van der Waals surface area contributed by atoms with Crippen molar-refractivity contribution >= 4 is 65.3 Å². The van der Waals surface area contributed by atoms with E-state index in [1.54, 1.807) is 79.7 Å². The summed E-state index contributed by atoms with van der Waals surface area (Å²) in [5.41, 5.74) is 0.646. The highest BCUT2D eigenvalue weighted by molar-refractivity contribution is 8.22. The summed E-state index contributed by atoms with van der Waals surface area (Å²) in [5, 5.41) is 4.67. The van der Waals surface area contributed by atoms with Gasteiger partial charge in [0.05, 0.1) is 10.8 Å². The van der Waals surface area contributed by atoms with E-state index in [0.717, 1.165) is 9.79 Å². The van der Waals surface area contributed by atoms with Gasteiger partial charge in [0, 0.05) is 30.7 Å². The summed E-state index contributed by atoms with van der Waals surface area (Å²) in [6.45, 7) is 1.96. The Morgan fingerprint density at radius 2 is 1.24 bits per heavy atom. The maximum Gasteiger partial charge on any atom is 0.278 e. The highest BCUT2D eigenvalue weighted by Gasteiger charge is 2.36. The van der Waals surface area contributed by atoms with E-state index in [1.807, 2.05) is 36.4 Å². The molecule has 0 saturated heterocycles. The Labute approximate surface area is 241 Å². The van der Waals surface area contributed by atoms with Gasteiger partial charge in [0.1, 0.15) is 5.44 Å². The Bertz CT molecular complexity index is 1400. The Morgan fingerprint density at radius 1 is 0.763 bits per heavy atom. The van der Waals surface area contributed by atoms with Gasteiger partial charge in [0.15, 0.2) is 0 Å². The van der Waals surface area contributed by atoms with Gasteiger partial charge in [-0.05, 0) is 79.7 Å². The lowest BCUT2D eigenvalue weighted by atomic mass is 10.2. The Balaban J connectivity index is 1.92. The first-order valence-electron chi connectivity index (χ1n) is 11.7. The number of nitrogens with one attached hydrogen (secondary N) is 1. The maximum absolute atomic E-state index is 14.8. The number of halogens is 2. The second-order valence-corrected chi connectivity index (χ2v) is 13.5. The molecule has 0 aliphatic rings. The lowest BCUT2D eigenvalue weighted by Gasteiger charge is -2.25. The van der Waals surface area contributed by atoms with Gasteiger partial charge in [-0.2, -0.15) is 0 Å². The third kappa shape index (κ3) is 7.35. The average Bonchev–Trinajstić information content (AvgIpc) is 2.94. The Morgan fingerprint density at radius 3 is 1.71 bits per heavy atom. The van der Waals surface area contributed by atoms with Crippen LogP contribution >= 0.6 is 54.1 Å². The first kappa shape index (κ1) is 28.6. The van der Waals surface area contributed by atoms with Crippen LogP contribution < -0.4 is 10.6 Å². The molecule has 1 atom stereocenters. The largest absolute Gasteiger partial charge is 0.321 e. The number of amides is 1. The standard InChI is InChI=1S/C29H24Cl2NO3PS2/c1-2-35-36(34,24-11-7-4-8-12-24)28(32-27(33)21-9-5-3-6-10-21)29(37-25-17-13-22(30)14-18-25)38-26-19-15-23(31)16-20-26/h3-20H,2H2,1H3,(H,32,33). The summed E-state index contributed by atoms with van der Waals surface area (Å²) in [7, 11) is -3.75. The van der Waals surface area contributed by atoms with Gasteiger partial charge in [-0.25, -0.2) is 0 Å². The van der Waals surface area contributed by atoms with E-state index in [-0.39, 0.29) is 18.0 Å². The zero-order valence-corrected chi connectivity index (χ0v) is 24.4. The molecule has 1 unspecified atom stereocenters. The van der Waals surface area contributed by atoms with Crippen LogP contribution in [0.1, 0.15) is 17.3 Å². The molecule has 0 aromatic heterocycles. The van der Waals surface area contributed by atoms with Crippen LogP contribution in [0.4, 0.5) is 0 Å². The Hall–Kier alpha value is -2.44.